The number of nitrogens with one attached hydrogen (secondary N) is 1. The van der Waals surface area contributed by atoms with Crippen LogP contribution in [-0.2, 0) is 4.79 Å². The topological polar surface area (TPSA) is 67.3 Å². The first-order chi connectivity index (χ1) is 9.21. The van der Waals surface area contributed by atoms with Crippen LogP contribution < -0.4 is 10.1 Å². The number of anilines is 1. The number of aromatic nitrogens is 2. The van der Waals surface area contributed by atoms with E-state index < -0.39 is 0 Å². The van der Waals surface area contributed by atoms with Crippen LogP contribution in [0.4, 0.5) is 5.95 Å². The van der Waals surface area contributed by atoms with Gasteiger partial charge in [0, 0.05) is 25.4 Å². The molecule has 1 heterocycles. The molecule has 0 radical (unpaired) electrons. The van der Waals surface area contributed by atoms with Crippen LogP contribution in [0.3, 0.4) is 0 Å². The minimum Gasteiger partial charge on any atom is -0.478 e. The normalized spacial score (nSPS) is 10.1. The van der Waals surface area contributed by atoms with E-state index in [2.05, 4.69) is 15.3 Å². The van der Waals surface area contributed by atoms with Gasteiger partial charge in [-0.3, -0.25) is 4.79 Å². The molecule has 0 aliphatic heterocycles. The van der Waals surface area contributed by atoms with Gasteiger partial charge < -0.3 is 15.0 Å². The molecule has 6 heteroatoms. The Balaban J connectivity index is 2.50. The summed E-state index contributed by atoms with van der Waals surface area (Å²) in [5, 5.41) is 2.92. The highest BCUT2D eigenvalue weighted by Crippen LogP contribution is 2.08. The number of amides is 1. The molecule has 19 heavy (non-hydrogen) atoms. The molecule has 6 nitrogen and oxygen atoms in total. The maximum absolute atomic E-state index is 11.8. The van der Waals surface area contributed by atoms with Crippen LogP contribution >= 0.6 is 0 Å². The lowest BCUT2D eigenvalue weighted by atomic mass is 10.4. The van der Waals surface area contributed by atoms with Gasteiger partial charge in [-0.2, -0.15) is 4.98 Å². The Morgan fingerprint density at radius 3 is 2.74 bits per heavy atom. The van der Waals surface area contributed by atoms with Crippen molar-refractivity contribution in [2.24, 2.45) is 0 Å². The monoisotopic (exact) mass is 266 g/mol. The van der Waals surface area contributed by atoms with Gasteiger partial charge in [0.1, 0.15) is 0 Å². The standard InChI is InChI=1S/C13H22N4O2/c1-4-9-19-11-7-8-14-13(16-11)15-10-12(18)17(5-2)6-3/h7-8H,4-6,9-10H2,1-3H3,(H,14,15,16). The van der Waals surface area contributed by atoms with Gasteiger partial charge in [-0.15, -0.1) is 0 Å². The fraction of sp³-hybridized carbons (Fsp3) is 0.615. The van der Waals surface area contributed by atoms with Crippen molar-refractivity contribution in [2.45, 2.75) is 27.2 Å². The molecule has 0 saturated carbocycles. The number of rotatable bonds is 8. The quantitative estimate of drug-likeness (QED) is 0.773. The van der Waals surface area contributed by atoms with Gasteiger partial charge in [0.15, 0.2) is 0 Å². The van der Waals surface area contributed by atoms with Crippen molar-refractivity contribution < 1.29 is 9.53 Å². The molecule has 1 rings (SSSR count). The summed E-state index contributed by atoms with van der Waals surface area (Å²) >= 11 is 0. The van der Waals surface area contributed by atoms with Crippen LogP contribution in [0, 0.1) is 0 Å². The number of hydrogen-bond acceptors (Lipinski definition) is 5. The maximum atomic E-state index is 11.8. The molecule has 0 aliphatic carbocycles. The number of hydrogen-bond donors (Lipinski definition) is 1. The molecular formula is C13H22N4O2. The van der Waals surface area contributed by atoms with Crippen LogP contribution in [0.25, 0.3) is 0 Å². The summed E-state index contributed by atoms with van der Waals surface area (Å²) in [5.41, 5.74) is 0. The third kappa shape index (κ3) is 5.11. The van der Waals surface area contributed by atoms with E-state index in [1.165, 1.54) is 0 Å². The lowest BCUT2D eigenvalue weighted by Gasteiger charge is -2.18. The number of likely N-dealkylation sites (N-methyl/N-ethyl adjacent to an activating group) is 1. The van der Waals surface area contributed by atoms with E-state index in [0.717, 1.165) is 6.42 Å². The van der Waals surface area contributed by atoms with Crippen LogP contribution in [-0.4, -0.2) is 47.0 Å². The van der Waals surface area contributed by atoms with Gasteiger partial charge in [0.2, 0.25) is 17.7 Å². The van der Waals surface area contributed by atoms with E-state index >= 15 is 0 Å². The van der Waals surface area contributed by atoms with Crippen LogP contribution in [0.5, 0.6) is 5.88 Å². The number of nitrogens with zero attached hydrogens (tertiary/aromatic N) is 3. The van der Waals surface area contributed by atoms with Gasteiger partial charge in [-0.05, 0) is 20.3 Å². The van der Waals surface area contributed by atoms with Crippen LogP contribution in [0.1, 0.15) is 27.2 Å². The molecular weight excluding hydrogens is 244 g/mol. The van der Waals surface area contributed by atoms with E-state index in [1.807, 2.05) is 20.8 Å². The Hall–Kier alpha value is -1.85. The fourth-order valence-corrected chi connectivity index (χ4v) is 1.56. The third-order valence-electron chi connectivity index (χ3n) is 2.60. The molecule has 0 fully saturated rings. The largest absolute Gasteiger partial charge is 0.478 e. The Kier molecular flexibility index (Phi) is 6.63. The van der Waals surface area contributed by atoms with E-state index in [4.69, 9.17) is 4.74 Å². The summed E-state index contributed by atoms with van der Waals surface area (Å²) in [5.74, 6) is 0.970. The van der Waals surface area contributed by atoms with Gasteiger partial charge in [0.25, 0.3) is 0 Å². The maximum Gasteiger partial charge on any atom is 0.241 e. The zero-order valence-corrected chi connectivity index (χ0v) is 11.8. The Labute approximate surface area is 114 Å². The van der Waals surface area contributed by atoms with E-state index in [1.54, 1.807) is 17.2 Å². The Morgan fingerprint density at radius 1 is 1.37 bits per heavy atom. The zero-order valence-electron chi connectivity index (χ0n) is 11.8. The molecule has 0 bridgehead atoms. The molecule has 1 aromatic heterocycles. The smallest absolute Gasteiger partial charge is 0.241 e. The second-order valence-electron chi connectivity index (χ2n) is 3.99. The summed E-state index contributed by atoms with van der Waals surface area (Å²) < 4.78 is 5.41. The molecule has 1 amide bonds. The van der Waals surface area contributed by atoms with Gasteiger partial charge in [-0.25, -0.2) is 4.98 Å². The molecule has 1 N–H and O–H groups in total. The zero-order chi connectivity index (χ0) is 14.1. The lowest BCUT2D eigenvalue weighted by Crippen LogP contribution is -2.35. The second-order valence-corrected chi connectivity index (χ2v) is 3.99. The highest BCUT2D eigenvalue weighted by molar-refractivity contribution is 5.80. The molecule has 0 aromatic carbocycles. The van der Waals surface area contributed by atoms with Crippen molar-refractivity contribution in [1.82, 2.24) is 14.9 Å². The predicted octanol–water partition coefficient (Wildman–Crippen LogP) is 1.55. The minimum atomic E-state index is 0.0356. The third-order valence-corrected chi connectivity index (χ3v) is 2.60. The highest BCUT2D eigenvalue weighted by Gasteiger charge is 2.09. The Bertz CT molecular complexity index is 394. The highest BCUT2D eigenvalue weighted by atomic mass is 16.5. The van der Waals surface area contributed by atoms with Crippen molar-refractivity contribution in [3.63, 3.8) is 0 Å². The summed E-state index contributed by atoms with van der Waals surface area (Å²) in [6, 6.07) is 1.70. The summed E-state index contributed by atoms with van der Waals surface area (Å²) in [4.78, 5) is 21.8. The molecule has 0 atom stereocenters. The molecule has 0 saturated heterocycles. The molecule has 0 unspecified atom stereocenters. The SMILES string of the molecule is CCCOc1ccnc(NCC(=O)N(CC)CC)n1. The average Bonchev–Trinajstić information content (AvgIpc) is 2.44. The van der Waals surface area contributed by atoms with Crippen molar-refractivity contribution in [3.8, 4) is 5.88 Å². The van der Waals surface area contributed by atoms with Crippen LogP contribution in [0.2, 0.25) is 0 Å². The average molecular weight is 266 g/mol. The van der Waals surface area contributed by atoms with E-state index in [0.29, 0.717) is 31.5 Å². The van der Waals surface area contributed by atoms with E-state index in [-0.39, 0.29) is 12.5 Å². The second kappa shape index (κ2) is 8.29. The number of carbonyl (C=O) groups is 1. The first-order valence-corrected chi connectivity index (χ1v) is 6.68. The number of carbonyl (C=O) groups excluding carboxylic acids is 1. The fourth-order valence-electron chi connectivity index (χ4n) is 1.56. The van der Waals surface area contributed by atoms with Crippen molar-refractivity contribution in [3.05, 3.63) is 12.3 Å². The van der Waals surface area contributed by atoms with Crippen molar-refractivity contribution in [1.29, 1.82) is 0 Å². The van der Waals surface area contributed by atoms with Crippen molar-refractivity contribution >= 4 is 11.9 Å². The van der Waals surface area contributed by atoms with Crippen molar-refractivity contribution in [2.75, 3.05) is 31.6 Å². The van der Waals surface area contributed by atoms with E-state index in [9.17, 15) is 4.79 Å². The first-order valence-electron chi connectivity index (χ1n) is 6.68. The van der Waals surface area contributed by atoms with Gasteiger partial charge in [-0.1, -0.05) is 6.92 Å². The minimum absolute atomic E-state index is 0.0356. The summed E-state index contributed by atoms with van der Waals surface area (Å²) in [6.45, 7) is 8.17. The molecule has 0 aliphatic rings. The van der Waals surface area contributed by atoms with Gasteiger partial charge >= 0.3 is 0 Å². The molecule has 0 spiro atoms. The number of ether oxygens (including phenoxy) is 1. The molecule has 1 aromatic rings. The van der Waals surface area contributed by atoms with Crippen LogP contribution in [0.15, 0.2) is 12.3 Å². The summed E-state index contributed by atoms with van der Waals surface area (Å²) in [6.07, 6.45) is 2.54. The first kappa shape index (κ1) is 15.2. The molecule has 106 valence electrons. The predicted molar refractivity (Wildman–Crippen MR) is 74.2 cm³/mol. The lowest BCUT2D eigenvalue weighted by molar-refractivity contribution is -0.128. The Morgan fingerprint density at radius 2 is 2.11 bits per heavy atom. The summed E-state index contributed by atoms with van der Waals surface area (Å²) in [7, 11) is 0. The van der Waals surface area contributed by atoms with Gasteiger partial charge in [0.05, 0.1) is 13.2 Å².